The van der Waals surface area contributed by atoms with Crippen LogP contribution >= 0.6 is 11.8 Å². The largest absolute Gasteiger partial charge is 0.348 e. The molecule has 0 radical (unpaired) electrons. The van der Waals surface area contributed by atoms with E-state index in [4.69, 9.17) is 4.99 Å². The van der Waals surface area contributed by atoms with Gasteiger partial charge in [-0.3, -0.25) is 9.79 Å². The molecular weight excluding hydrogens is 382 g/mol. The summed E-state index contributed by atoms with van der Waals surface area (Å²) in [6, 6.07) is 19.6. The topological polar surface area (TPSA) is 62.5 Å². The Kier molecular flexibility index (Phi) is 4.60. The van der Waals surface area contributed by atoms with Gasteiger partial charge in [-0.2, -0.15) is 5.10 Å². The van der Waals surface area contributed by atoms with Gasteiger partial charge in [0.05, 0.1) is 17.4 Å². The molecule has 1 N–H and O–H groups in total. The molecule has 1 fully saturated rings. The molecular formula is C22H21N5OS. The van der Waals surface area contributed by atoms with E-state index in [1.807, 2.05) is 67.2 Å². The first-order valence-electron chi connectivity index (χ1n) is 9.66. The number of amides is 1. The number of nitrogens with one attached hydrogen (secondary N) is 1. The van der Waals surface area contributed by atoms with Crippen molar-refractivity contribution in [2.24, 2.45) is 4.99 Å². The van der Waals surface area contributed by atoms with Crippen LogP contribution < -0.4 is 5.32 Å². The van der Waals surface area contributed by atoms with Gasteiger partial charge in [-0.1, -0.05) is 42.1 Å². The highest BCUT2D eigenvalue weighted by atomic mass is 32.2. The summed E-state index contributed by atoms with van der Waals surface area (Å²) in [4.78, 5) is 20.2. The second-order valence-electron chi connectivity index (χ2n) is 7.22. The van der Waals surface area contributed by atoms with Crippen LogP contribution in [0.2, 0.25) is 0 Å². The summed E-state index contributed by atoms with van der Waals surface area (Å²) in [5, 5.41) is 8.66. The molecule has 1 saturated heterocycles. The van der Waals surface area contributed by atoms with Crippen LogP contribution in [0.5, 0.6) is 0 Å². The van der Waals surface area contributed by atoms with Gasteiger partial charge in [0.25, 0.3) is 5.91 Å². The molecule has 0 saturated carbocycles. The molecule has 1 unspecified atom stereocenters. The van der Waals surface area contributed by atoms with Gasteiger partial charge in [0.1, 0.15) is 5.69 Å². The SMILES string of the molecule is Cc1cc(C(=O)Nc2cccc(C3CN4CCSC4=N3)c2)n(-c2ccccc2)n1. The van der Waals surface area contributed by atoms with Crippen molar-refractivity contribution in [2.75, 3.05) is 24.2 Å². The lowest BCUT2D eigenvalue weighted by atomic mass is 10.1. The summed E-state index contributed by atoms with van der Waals surface area (Å²) >= 11 is 1.82. The smallest absolute Gasteiger partial charge is 0.274 e. The quantitative estimate of drug-likeness (QED) is 0.718. The molecule has 1 amide bonds. The molecule has 2 aromatic carbocycles. The number of benzene rings is 2. The molecule has 146 valence electrons. The minimum Gasteiger partial charge on any atom is -0.348 e. The second kappa shape index (κ2) is 7.40. The fourth-order valence-corrected chi connectivity index (χ4v) is 4.78. The highest BCUT2D eigenvalue weighted by Crippen LogP contribution is 2.33. The summed E-state index contributed by atoms with van der Waals surface area (Å²) in [6.07, 6.45) is 0. The van der Waals surface area contributed by atoms with Gasteiger partial charge in [0, 0.05) is 24.5 Å². The van der Waals surface area contributed by atoms with E-state index in [9.17, 15) is 4.79 Å². The maximum absolute atomic E-state index is 13.0. The maximum atomic E-state index is 13.0. The number of hydrogen-bond acceptors (Lipinski definition) is 5. The van der Waals surface area contributed by atoms with Gasteiger partial charge in [-0.25, -0.2) is 4.68 Å². The lowest BCUT2D eigenvalue weighted by molar-refractivity contribution is 0.101. The number of carbonyl (C=O) groups is 1. The Morgan fingerprint density at radius 2 is 2.00 bits per heavy atom. The number of nitrogens with zero attached hydrogens (tertiary/aromatic N) is 4. The number of aryl methyl sites for hydroxylation is 1. The summed E-state index contributed by atoms with van der Waals surface area (Å²) in [5.41, 5.74) is 4.06. The zero-order valence-electron chi connectivity index (χ0n) is 16.1. The third-order valence-corrected chi connectivity index (χ3v) is 6.13. The van der Waals surface area contributed by atoms with Crippen LogP contribution in [0.4, 0.5) is 5.69 Å². The van der Waals surface area contributed by atoms with Gasteiger partial charge in [0.2, 0.25) is 0 Å². The lowest BCUT2D eigenvalue weighted by Crippen LogP contribution is -2.22. The minimum absolute atomic E-state index is 0.131. The van der Waals surface area contributed by atoms with Gasteiger partial charge < -0.3 is 10.2 Å². The number of amidine groups is 1. The van der Waals surface area contributed by atoms with Crippen molar-refractivity contribution >= 4 is 28.5 Å². The Morgan fingerprint density at radius 3 is 2.83 bits per heavy atom. The van der Waals surface area contributed by atoms with Gasteiger partial charge in [-0.05, 0) is 42.8 Å². The standard InChI is InChI=1S/C22H21N5OS/c1-15-12-20(27(25-15)18-8-3-2-4-9-18)21(28)23-17-7-5-6-16(13-17)19-14-26-10-11-29-22(26)24-19/h2-9,12-13,19H,10-11,14H2,1H3,(H,23,28). The third-order valence-electron chi connectivity index (χ3n) is 5.12. The summed E-state index contributed by atoms with van der Waals surface area (Å²) in [5.74, 6) is 0.941. The molecule has 3 aromatic rings. The normalized spacial score (nSPS) is 17.9. The number of rotatable bonds is 4. The summed E-state index contributed by atoms with van der Waals surface area (Å²) in [7, 11) is 0. The maximum Gasteiger partial charge on any atom is 0.274 e. The van der Waals surface area contributed by atoms with E-state index < -0.39 is 0 Å². The number of hydrogen-bond donors (Lipinski definition) is 1. The molecule has 3 heterocycles. The van der Waals surface area contributed by atoms with Crippen molar-refractivity contribution in [2.45, 2.75) is 13.0 Å². The third kappa shape index (κ3) is 3.53. The predicted molar refractivity (Wildman–Crippen MR) is 117 cm³/mol. The minimum atomic E-state index is -0.180. The van der Waals surface area contributed by atoms with Crippen LogP contribution in [0.15, 0.2) is 65.7 Å². The Morgan fingerprint density at radius 1 is 1.14 bits per heavy atom. The van der Waals surface area contributed by atoms with Crippen LogP contribution in [-0.4, -0.2) is 44.6 Å². The number of aliphatic imine (C=N–C) groups is 1. The number of thioether (sulfide) groups is 1. The molecule has 0 spiro atoms. The first-order chi connectivity index (χ1) is 14.2. The molecule has 7 heteroatoms. The van der Waals surface area contributed by atoms with Crippen molar-refractivity contribution in [1.29, 1.82) is 0 Å². The summed E-state index contributed by atoms with van der Waals surface area (Å²) < 4.78 is 1.68. The highest BCUT2D eigenvalue weighted by Gasteiger charge is 2.30. The van der Waals surface area contributed by atoms with Gasteiger partial charge in [-0.15, -0.1) is 0 Å². The fourth-order valence-electron chi connectivity index (χ4n) is 3.73. The van der Waals surface area contributed by atoms with Crippen molar-refractivity contribution in [3.8, 4) is 5.69 Å². The molecule has 1 aromatic heterocycles. The van der Waals surface area contributed by atoms with Gasteiger partial charge >= 0.3 is 0 Å². The van der Waals surface area contributed by atoms with E-state index in [0.29, 0.717) is 5.69 Å². The Bertz CT molecular complexity index is 1090. The van der Waals surface area contributed by atoms with Crippen LogP contribution in [0, 0.1) is 6.92 Å². The number of para-hydroxylation sites is 1. The van der Waals surface area contributed by atoms with E-state index in [1.54, 1.807) is 10.7 Å². The monoisotopic (exact) mass is 403 g/mol. The van der Waals surface area contributed by atoms with E-state index in [1.165, 1.54) is 0 Å². The van der Waals surface area contributed by atoms with E-state index >= 15 is 0 Å². The summed E-state index contributed by atoms with van der Waals surface area (Å²) in [6.45, 7) is 3.87. The molecule has 5 rings (SSSR count). The molecule has 0 aliphatic carbocycles. The molecule has 2 aliphatic rings. The van der Waals surface area contributed by atoms with Crippen LogP contribution in [-0.2, 0) is 0 Å². The van der Waals surface area contributed by atoms with E-state index in [2.05, 4.69) is 21.4 Å². The van der Waals surface area contributed by atoms with Crippen molar-refractivity contribution in [3.05, 3.63) is 77.6 Å². The average molecular weight is 404 g/mol. The lowest BCUT2D eigenvalue weighted by Gasteiger charge is -2.14. The van der Waals surface area contributed by atoms with E-state index in [0.717, 1.165) is 46.6 Å². The molecule has 2 aliphatic heterocycles. The molecule has 0 bridgehead atoms. The van der Waals surface area contributed by atoms with E-state index in [-0.39, 0.29) is 11.9 Å². The Labute approximate surface area is 173 Å². The predicted octanol–water partition coefficient (Wildman–Crippen LogP) is 3.89. The highest BCUT2D eigenvalue weighted by molar-refractivity contribution is 8.14. The molecule has 6 nitrogen and oxygen atoms in total. The second-order valence-corrected chi connectivity index (χ2v) is 8.28. The van der Waals surface area contributed by atoms with Crippen molar-refractivity contribution in [1.82, 2.24) is 14.7 Å². The van der Waals surface area contributed by atoms with Crippen molar-refractivity contribution < 1.29 is 4.79 Å². The fraction of sp³-hybridized carbons (Fsp3) is 0.227. The zero-order valence-corrected chi connectivity index (χ0v) is 16.9. The number of fused-ring (bicyclic) bond motifs is 1. The van der Waals surface area contributed by atoms with Crippen molar-refractivity contribution in [3.63, 3.8) is 0 Å². The van der Waals surface area contributed by atoms with Crippen LogP contribution in [0.25, 0.3) is 5.69 Å². The zero-order chi connectivity index (χ0) is 19.8. The average Bonchev–Trinajstić information content (AvgIpc) is 3.43. The Balaban J connectivity index is 1.38. The first kappa shape index (κ1) is 18.0. The molecule has 1 atom stereocenters. The Hall–Kier alpha value is -3.06. The van der Waals surface area contributed by atoms with Crippen LogP contribution in [0.3, 0.4) is 0 Å². The first-order valence-corrected chi connectivity index (χ1v) is 10.6. The number of anilines is 1. The number of carbonyl (C=O) groups excluding carboxylic acids is 1. The van der Waals surface area contributed by atoms with Crippen LogP contribution in [0.1, 0.15) is 27.8 Å². The molecule has 29 heavy (non-hydrogen) atoms. The number of aromatic nitrogens is 2. The van der Waals surface area contributed by atoms with Gasteiger partial charge in [0.15, 0.2) is 5.17 Å².